The number of aromatic nitrogens is 2. The number of alkyl halides is 3. The van der Waals surface area contributed by atoms with Gasteiger partial charge in [-0.15, -0.1) is 11.8 Å². The summed E-state index contributed by atoms with van der Waals surface area (Å²) in [5, 5.41) is 4.55. The van der Waals surface area contributed by atoms with Gasteiger partial charge in [-0.05, 0) is 19.9 Å². The molecule has 0 bridgehead atoms. The summed E-state index contributed by atoms with van der Waals surface area (Å²) in [7, 11) is 1.47. The van der Waals surface area contributed by atoms with Crippen LogP contribution in [-0.2, 0) is 23.8 Å². The molecule has 1 aromatic heterocycles. The van der Waals surface area contributed by atoms with Crippen LogP contribution in [0.2, 0.25) is 0 Å². The van der Waals surface area contributed by atoms with Crippen LogP contribution in [0.1, 0.15) is 25.1 Å². The summed E-state index contributed by atoms with van der Waals surface area (Å²) >= 11 is 1.23. The molecule has 1 aromatic rings. The maximum absolute atomic E-state index is 12.8. The van der Waals surface area contributed by atoms with Crippen molar-refractivity contribution in [2.75, 3.05) is 0 Å². The van der Waals surface area contributed by atoms with E-state index in [1.165, 1.54) is 23.5 Å². The van der Waals surface area contributed by atoms with Crippen LogP contribution in [0.15, 0.2) is 17.3 Å². The summed E-state index contributed by atoms with van der Waals surface area (Å²) in [5.41, 5.74) is 1.57. The fourth-order valence-electron chi connectivity index (χ4n) is 1.65. The molecule has 0 aromatic carbocycles. The van der Waals surface area contributed by atoms with Crippen molar-refractivity contribution < 1.29 is 18.0 Å². The van der Waals surface area contributed by atoms with Gasteiger partial charge in [-0.1, -0.05) is 0 Å². The minimum atomic E-state index is -4.38. The zero-order valence-electron chi connectivity index (χ0n) is 10.7. The topological polar surface area (TPSA) is 39.1 Å². The largest absolute Gasteiger partial charge is 0.419 e. The number of hydrogen-bond acceptors (Lipinski definition) is 4. The Morgan fingerprint density at radius 1 is 1.47 bits per heavy atom. The van der Waals surface area contributed by atoms with Crippen molar-refractivity contribution in [2.24, 2.45) is 7.05 Å². The summed E-state index contributed by atoms with van der Waals surface area (Å²) < 4.78 is 39.5. The molecule has 106 valence electrons. The number of halogens is 3. The number of aryl methyl sites for hydroxylation is 1. The van der Waals surface area contributed by atoms with E-state index in [9.17, 15) is 13.2 Å². The van der Waals surface area contributed by atoms with Crippen LogP contribution < -0.4 is 5.48 Å². The van der Waals surface area contributed by atoms with Gasteiger partial charge in [-0.25, -0.2) is 0 Å². The van der Waals surface area contributed by atoms with Crippen molar-refractivity contribution in [1.29, 1.82) is 0 Å². The molecule has 0 fully saturated rings. The molecule has 0 aliphatic carbocycles. The minimum absolute atomic E-state index is 0.0207. The number of rotatable bonds is 3. The Hall–Kier alpha value is -1.15. The highest BCUT2D eigenvalue weighted by atomic mass is 32.2. The number of nitrogens with one attached hydrogen (secondary N) is 1. The average molecular weight is 293 g/mol. The van der Waals surface area contributed by atoms with Gasteiger partial charge in [0.15, 0.2) is 0 Å². The Morgan fingerprint density at radius 2 is 2.16 bits per heavy atom. The smallest absolute Gasteiger partial charge is 0.275 e. The average Bonchev–Trinajstić information content (AvgIpc) is 2.78. The van der Waals surface area contributed by atoms with Gasteiger partial charge in [0.2, 0.25) is 0 Å². The van der Waals surface area contributed by atoms with Crippen LogP contribution in [-0.4, -0.2) is 15.4 Å². The monoisotopic (exact) mass is 293 g/mol. The SMILES string of the molecule is Cn1cc(C(F)(F)F)c(CSC2=CC(C)(C)ON2)n1. The first kappa shape index (κ1) is 14.3. The summed E-state index contributed by atoms with van der Waals surface area (Å²) in [4.78, 5) is 5.23. The third-order valence-electron chi connectivity index (χ3n) is 2.47. The molecule has 1 aliphatic rings. The summed E-state index contributed by atoms with van der Waals surface area (Å²) in [5.74, 6) is 0.133. The van der Waals surface area contributed by atoms with Crippen LogP contribution in [0.25, 0.3) is 0 Å². The first-order chi connectivity index (χ1) is 8.67. The molecule has 1 aliphatic heterocycles. The normalized spacial score (nSPS) is 18.3. The van der Waals surface area contributed by atoms with E-state index in [-0.39, 0.29) is 11.4 Å². The van der Waals surface area contributed by atoms with Crippen molar-refractivity contribution in [1.82, 2.24) is 15.3 Å². The lowest BCUT2D eigenvalue weighted by Crippen LogP contribution is -2.20. The van der Waals surface area contributed by atoms with E-state index in [4.69, 9.17) is 4.84 Å². The van der Waals surface area contributed by atoms with E-state index < -0.39 is 17.3 Å². The quantitative estimate of drug-likeness (QED) is 0.930. The van der Waals surface area contributed by atoms with Gasteiger partial charge in [-0.3, -0.25) is 15.0 Å². The van der Waals surface area contributed by atoms with Crippen molar-refractivity contribution >= 4 is 11.8 Å². The van der Waals surface area contributed by atoms with Gasteiger partial charge < -0.3 is 0 Å². The van der Waals surface area contributed by atoms with Crippen molar-refractivity contribution in [2.45, 2.75) is 31.4 Å². The van der Waals surface area contributed by atoms with Gasteiger partial charge in [0.25, 0.3) is 0 Å². The predicted molar refractivity (Wildman–Crippen MR) is 65.9 cm³/mol. The van der Waals surface area contributed by atoms with E-state index in [2.05, 4.69) is 10.6 Å². The number of hydrogen-bond donors (Lipinski definition) is 1. The fraction of sp³-hybridized carbons (Fsp3) is 0.545. The van der Waals surface area contributed by atoms with E-state index in [0.717, 1.165) is 6.20 Å². The molecular formula is C11H14F3N3OS. The van der Waals surface area contributed by atoms with E-state index in [1.54, 1.807) is 0 Å². The molecule has 4 nitrogen and oxygen atoms in total. The lowest BCUT2D eigenvalue weighted by atomic mass is 10.1. The highest BCUT2D eigenvalue weighted by molar-refractivity contribution is 8.02. The molecule has 0 saturated carbocycles. The van der Waals surface area contributed by atoms with Gasteiger partial charge in [0.1, 0.15) is 5.60 Å². The molecular weight excluding hydrogens is 279 g/mol. The van der Waals surface area contributed by atoms with Crippen molar-refractivity contribution in [3.8, 4) is 0 Å². The molecule has 0 amide bonds. The Bertz CT molecular complexity index is 508. The first-order valence-corrected chi connectivity index (χ1v) is 6.55. The molecule has 0 atom stereocenters. The molecule has 0 radical (unpaired) electrons. The van der Waals surface area contributed by atoms with Gasteiger partial charge in [-0.2, -0.15) is 18.3 Å². The van der Waals surface area contributed by atoms with Crippen LogP contribution in [0, 0.1) is 0 Å². The molecule has 2 rings (SSSR count). The fourth-order valence-corrected chi connectivity index (χ4v) is 2.62. The second-order valence-corrected chi connectivity index (χ2v) is 5.78. The van der Waals surface area contributed by atoms with E-state index in [1.807, 2.05) is 19.9 Å². The third kappa shape index (κ3) is 3.44. The van der Waals surface area contributed by atoms with Crippen LogP contribution >= 0.6 is 11.8 Å². The second kappa shape index (κ2) is 4.75. The second-order valence-electron chi connectivity index (χ2n) is 4.77. The summed E-state index contributed by atoms with van der Waals surface area (Å²) in [6.45, 7) is 3.71. The maximum Gasteiger partial charge on any atom is 0.419 e. The highest BCUT2D eigenvalue weighted by Crippen LogP contribution is 2.35. The van der Waals surface area contributed by atoms with Crippen LogP contribution in [0.4, 0.5) is 13.2 Å². The molecule has 0 unspecified atom stereocenters. The predicted octanol–water partition coefficient (Wildman–Crippen LogP) is 2.83. The third-order valence-corrected chi connectivity index (χ3v) is 3.40. The Balaban J connectivity index is 2.09. The molecule has 0 spiro atoms. The zero-order valence-corrected chi connectivity index (χ0v) is 11.5. The molecule has 8 heteroatoms. The van der Waals surface area contributed by atoms with E-state index in [0.29, 0.717) is 5.03 Å². The maximum atomic E-state index is 12.8. The minimum Gasteiger partial charge on any atom is -0.275 e. The van der Waals surface area contributed by atoms with Crippen molar-refractivity contribution in [3.63, 3.8) is 0 Å². The molecule has 19 heavy (non-hydrogen) atoms. The summed E-state index contributed by atoms with van der Waals surface area (Å²) in [6.07, 6.45) is -1.56. The molecule has 1 N–H and O–H groups in total. The Labute approximate surface area is 112 Å². The number of thioether (sulfide) groups is 1. The first-order valence-electron chi connectivity index (χ1n) is 5.57. The van der Waals surface area contributed by atoms with Gasteiger partial charge >= 0.3 is 6.18 Å². The van der Waals surface area contributed by atoms with Gasteiger partial charge in [0.05, 0.1) is 16.3 Å². The van der Waals surface area contributed by atoms with E-state index >= 15 is 0 Å². The Morgan fingerprint density at radius 3 is 2.68 bits per heavy atom. The van der Waals surface area contributed by atoms with Gasteiger partial charge in [0, 0.05) is 19.0 Å². The number of nitrogens with zero attached hydrogens (tertiary/aromatic N) is 2. The van der Waals surface area contributed by atoms with Crippen LogP contribution in [0.3, 0.4) is 0 Å². The Kier molecular flexibility index (Phi) is 3.57. The van der Waals surface area contributed by atoms with Crippen LogP contribution in [0.5, 0.6) is 0 Å². The standard InChI is InChI=1S/C11H14F3N3OS/c1-10(2)4-9(16-18-10)19-6-8-7(11(12,13)14)5-17(3)15-8/h4-5,16H,6H2,1-3H3. The lowest BCUT2D eigenvalue weighted by molar-refractivity contribution is -0.138. The zero-order chi connectivity index (χ0) is 14.3. The highest BCUT2D eigenvalue weighted by Gasteiger charge is 2.36. The lowest BCUT2D eigenvalue weighted by Gasteiger charge is -2.11. The molecule has 0 saturated heterocycles. The summed E-state index contributed by atoms with van der Waals surface area (Å²) in [6, 6.07) is 0. The number of hydroxylamine groups is 1. The molecule has 2 heterocycles. The van der Waals surface area contributed by atoms with Crippen molar-refractivity contribution in [3.05, 3.63) is 28.6 Å².